The van der Waals surface area contributed by atoms with Gasteiger partial charge in [-0.15, -0.1) is 11.3 Å². The normalized spacial score (nSPS) is 14.1. The zero-order valence-electron chi connectivity index (χ0n) is 19.8. The number of fused-ring (bicyclic) bond motifs is 1. The standard InChI is InChI=1S/C27H29NO5S/c1-16-22(24(26(30)31)33-27(2,3)4)23(19-9-12-21-18(14-19)6-5-13-32-21)25(34-16)17-7-10-20(11-8-17)28-15-29/h7-12,14-15,24H,5-6,13H2,1-4H3,(H,28,29)(H,30,31). The van der Waals surface area contributed by atoms with Gasteiger partial charge in [-0.3, -0.25) is 4.79 Å². The Morgan fingerprint density at radius 1 is 1.18 bits per heavy atom. The molecule has 1 aromatic heterocycles. The number of nitrogens with one attached hydrogen (secondary N) is 1. The number of aliphatic carboxylic acids is 1. The van der Waals surface area contributed by atoms with Crippen LogP contribution in [0.4, 0.5) is 5.69 Å². The summed E-state index contributed by atoms with van der Waals surface area (Å²) in [6.07, 6.45) is 1.41. The second kappa shape index (κ2) is 9.60. The van der Waals surface area contributed by atoms with Gasteiger partial charge >= 0.3 is 5.97 Å². The van der Waals surface area contributed by atoms with Gasteiger partial charge in [-0.25, -0.2) is 4.79 Å². The predicted octanol–water partition coefficient (Wildman–Crippen LogP) is 6.22. The summed E-state index contributed by atoms with van der Waals surface area (Å²) in [5.41, 5.74) is 4.61. The van der Waals surface area contributed by atoms with Crippen molar-refractivity contribution in [1.29, 1.82) is 0 Å². The molecule has 1 aliphatic rings. The number of amides is 1. The minimum absolute atomic E-state index is 0.638. The Hall–Kier alpha value is -3.16. The first-order chi connectivity index (χ1) is 16.2. The van der Waals surface area contributed by atoms with Gasteiger partial charge in [0.25, 0.3) is 0 Å². The Balaban J connectivity index is 1.93. The van der Waals surface area contributed by atoms with Crippen molar-refractivity contribution in [2.75, 3.05) is 11.9 Å². The number of hydrogen-bond donors (Lipinski definition) is 2. The van der Waals surface area contributed by atoms with Crippen molar-refractivity contribution in [2.24, 2.45) is 0 Å². The quantitative estimate of drug-likeness (QED) is 0.393. The molecular formula is C27H29NO5S. The molecular weight excluding hydrogens is 450 g/mol. The van der Waals surface area contributed by atoms with E-state index >= 15 is 0 Å². The number of benzene rings is 2. The number of ether oxygens (including phenoxy) is 2. The molecule has 0 aliphatic carbocycles. The highest BCUT2D eigenvalue weighted by Crippen LogP contribution is 2.48. The van der Waals surface area contributed by atoms with Crippen molar-refractivity contribution < 1.29 is 24.2 Å². The van der Waals surface area contributed by atoms with E-state index in [0.29, 0.717) is 24.3 Å². The molecule has 178 valence electrons. The van der Waals surface area contributed by atoms with Crippen LogP contribution in [0.1, 0.15) is 49.3 Å². The molecule has 1 atom stereocenters. The predicted molar refractivity (Wildman–Crippen MR) is 135 cm³/mol. The lowest BCUT2D eigenvalue weighted by Gasteiger charge is -2.26. The van der Waals surface area contributed by atoms with Crippen LogP contribution >= 0.6 is 11.3 Å². The van der Waals surface area contributed by atoms with E-state index in [9.17, 15) is 14.7 Å². The van der Waals surface area contributed by atoms with E-state index in [0.717, 1.165) is 50.6 Å². The van der Waals surface area contributed by atoms with E-state index < -0.39 is 17.7 Å². The van der Waals surface area contributed by atoms with Crippen molar-refractivity contribution in [3.63, 3.8) is 0 Å². The van der Waals surface area contributed by atoms with Crippen molar-refractivity contribution >= 4 is 29.4 Å². The van der Waals surface area contributed by atoms with Gasteiger partial charge in [-0.1, -0.05) is 18.2 Å². The summed E-state index contributed by atoms with van der Waals surface area (Å²) in [5, 5.41) is 12.8. The topological polar surface area (TPSA) is 84.9 Å². The molecule has 0 radical (unpaired) electrons. The molecule has 2 N–H and O–H groups in total. The molecule has 34 heavy (non-hydrogen) atoms. The van der Waals surface area contributed by atoms with E-state index in [1.165, 1.54) is 0 Å². The van der Waals surface area contributed by atoms with Gasteiger partial charge in [0.2, 0.25) is 6.41 Å². The van der Waals surface area contributed by atoms with Gasteiger partial charge in [0, 0.05) is 26.6 Å². The molecule has 0 saturated carbocycles. The van der Waals surface area contributed by atoms with Crippen LogP contribution < -0.4 is 10.1 Å². The zero-order chi connectivity index (χ0) is 24.5. The lowest BCUT2D eigenvalue weighted by molar-refractivity contribution is -0.160. The van der Waals surface area contributed by atoms with Crippen LogP contribution in [0.3, 0.4) is 0 Å². The average Bonchev–Trinajstić information content (AvgIpc) is 3.14. The highest BCUT2D eigenvalue weighted by Gasteiger charge is 2.33. The van der Waals surface area contributed by atoms with Crippen LogP contribution in [0.25, 0.3) is 21.6 Å². The maximum atomic E-state index is 12.4. The molecule has 1 unspecified atom stereocenters. The number of carbonyl (C=O) groups excluding carboxylic acids is 1. The van der Waals surface area contributed by atoms with Gasteiger partial charge in [-0.2, -0.15) is 0 Å². The molecule has 1 amide bonds. The minimum atomic E-state index is -1.11. The molecule has 3 aromatic rings. The summed E-state index contributed by atoms with van der Waals surface area (Å²) in [6, 6.07) is 13.6. The number of aryl methyl sites for hydroxylation is 2. The highest BCUT2D eigenvalue weighted by molar-refractivity contribution is 7.16. The van der Waals surface area contributed by atoms with Gasteiger partial charge < -0.3 is 19.9 Å². The fourth-order valence-electron chi connectivity index (χ4n) is 4.25. The average molecular weight is 480 g/mol. The maximum Gasteiger partial charge on any atom is 0.337 e. The summed E-state index contributed by atoms with van der Waals surface area (Å²) in [4.78, 5) is 25.1. The number of hydrogen-bond acceptors (Lipinski definition) is 5. The van der Waals surface area contributed by atoms with E-state index in [2.05, 4.69) is 11.4 Å². The Kier molecular flexibility index (Phi) is 6.77. The highest BCUT2D eigenvalue weighted by atomic mass is 32.1. The van der Waals surface area contributed by atoms with Crippen molar-refractivity contribution in [3.8, 4) is 27.3 Å². The van der Waals surface area contributed by atoms with E-state index in [1.54, 1.807) is 11.3 Å². The third-order valence-electron chi connectivity index (χ3n) is 5.66. The first kappa shape index (κ1) is 24.0. The monoisotopic (exact) mass is 479 g/mol. The largest absolute Gasteiger partial charge is 0.493 e. The molecule has 0 saturated heterocycles. The Bertz CT molecular complexity index is 1210. The molecule has 6 nitrogen and oxygen atoms in total. The summed E-state index contributed by atoms with van der Waals surface area (Å²) < 4.78 is 11.9. The summed E-state index contributed by atoms with van der Waals surface area (Å²) >= 11 is 1.55. The first-order valence-electron chi connectivity index (χ1n) is 11.3. The number of carbonyl (C=O) groups is 2. The van der Waals surface area contributed by atoms with Crippen molar-refractivity contribution in [1.82, 2.24) is 0 Å². The van der Waals surface area contributed by atoms with E-state index in [-0.39, 0.29) is 0 Å². The lowest BCUT2D eigenvalue weighted by Crippen LogP contribution is -2.27. The van der Waals surface area contributed by atoms with Crippen LogP contribution in [0.5, 0.6) is 5.75 Å². The second-order valence-corrected chi connectivity index (χ2v) is 10.6. The fraction of sp³-hybridized carbons (Fsp3) is 0.333. The molecule has 0 fully saturated rings. The first-order valence-corrected chi connectivity index (χ1v) is 12.1. The number of rotatable bonds is 7. The smallest absolute Gasteiger partial charge is 0.337 e. The van der Waals surface area contributed by atoms with Gasteiger partial charge in [0.05, 0.1) is 12.2 Å². The zero-order valence-corrected chi connectivity index (χ0v) is 20.6. The number of anilines is 1. The third kappa shape index (κ3) is 5.00. The second-order valence-electron chi connectivity index (χ2n) is 9.34. The number of carboxylic acids is 1. The molecule has 1 aliphatic heterocycles. The molecule has 4 rings (SSSR count). The molecule has 0 bridgehead atoms. The summed E-state index contributed by atoms with van der Waals surface area (Å²) in [5.74, 6) is -0.134. The van der Waals surface area contributed by atoms with Crippen LogP contribution in [-0.2, 0) is 20.7 Å². The van der Waals surface area contributed by atoms with Crippen LogP contribution in [0.2, 0.25) is 0 Å². The van der Waals surface area contributed by atoms with Crippen molar-refractivity contribution in [3.05, 3.63) is 58.5 Å². The van der Waals surface area contributed by atoms with Gasteiger partial charge in [0.15, 0.2) is 6.10 Å². The molecule has 2 aromatic carbocycles. The third-order valence-corrected chi connectivity index (χ3v) is 6.83. The Morgan fingerprint density at radius 2 is 1.88 bits per heavy atom. The molecule has 2 heterocycles. The van der Waals surface area contributed by atoms with Gasteiger partial charge in [-0.05, 0) is 81.5 Å². The van der Waals surface area contributed by atoms with E-state index in [4.69, 9.17) is 9.47 Å². The Morgan fingerprint density at radius 3 is 2.53 bits per heavy atom. The molecule has 0 spiro atoms. The minimum Gasteiger partial charge on any atom is -0.493 e. The number of thiophene rings is 1. The fourth-order valence-corrected chi connectivity index (χ4v) is 5.46. The summed E-state index contributed by atoms with van der Waals surface area (Å²) in [7, 11) is 0. The Labute approximate surface area is 203 Å². The van der Waals surface area contributed by atoms with Crippen LogP contribution in [-0.4, -0.2) is 29.7 Å². The summed E-state index contributed by atoms with van der Waals surface area (Å²) in [6.45, 7) is 8.24. The number of carboxylic acid groups (broad SMARTS) is 1. The lowest BCUT2D eigenvalue weighted by atomic mass is 9.91. The van der Waals surface area contributed by atoms with Gasteiger partial charge in [0.1, 0.15) is 5.75 Å². The van der Waals surface area contributed by atoms with Crippen LogP contribution in [0.15, 0.2) is 42.5 Å². The van der Waals surface area contributed by atoms with Crippen molar-refractivity contribution in [2.45, 2.75) is 52.2 Å². The van der Waals surface area contributed by atoms with E-state index in [1.807, 2.05) is 64.1 Å². The maximum absolute atomic E-state index is 12.4. The molecule has 7 heteroatoms. The van der Waals surface area contributed by atoms with Crippen LogP contribution in [0, 0.1) is 6.92 Å². The SMILES string of the molecule is Cc1sc(-c2ccc(NC=O)cc2)c(-c2ccc3c(c2)CCCO3)c1C(OC(C)(C)C)C(=O)O.